The summed E-state index contributed by atoms with van der Waals surface area (Å²) in [6.45, 7) is 13.9. The lowest BCUT2D eigenvalue weighted by atomic mass is 9.50. The topological polar surface area (TPSA) is 26.3 Å². The van der Waals surface area contributed by atoms with Gasteiger partial charge in [0.2, 0.25) is 0 Å². The maximum atomic E-state index is 12.4. The van der Waals surface area contributed by atoms with Crippen molar-refractivity contribution in [3.63, 3.8) is 0 Å². The Morgan fingerprint density at radius 2 is 1.71 bits per heavy atom. The number of benzene rings is 1. The highest BCUT2D eigenvalue weighted by Gasteiger charge is 2.52. The predicted octanol–water partition coefficient (Wildman–Crippen LogP) is 7.37. The quantitative estimate of drug-likeness (QED) is 0.301. The van der Waals surface area contributed by atoms with E-state index in [0.29, 0.717) is 0 Å². The van der Waals surface area contributed by atoms with E-state index in [-0.39, 0.29) is 15.9 Å². The van der Waals surface area contributed by atoms with Gasteiger partial charge in [0, 0.05) is 11.0 Å². The maximum Gasteiger partial charge on any atom is 0.250 e. The summed E-state index contributed by atoms with van der Waals surface area (Å²) < 4.78 is 6.93. The first-order valence-electron chi connectivity index (χ1n) is 11.0. The normalized spacial score (nSPS) is 30.4. The molecule has 3 rings (SSSR count). The zero-order chi connectivity index (χ0) is 20.6. The minimum absolute atomic E-state index is 0.143. The van der Waals surface area contributed by atoms with Crippen molar-refractivity contribution in [2.24, 2.45) is 10.8 Å². The first-order valence-corrected chi connectivity index (χ1v) is 13.9. The van der Waals surface area contributed by atoms with Gasteiger partial charge >= 0.3 is 0 Å². The lowest BCUT2D eigenvalue weighted by Crippen LogP contribution is -2.47. The van der Waals surface area contributed by atoms with Crippen LogP contribution in [0.3, 0.4) is 0 Å². The van der Waals surface area contributed by atoms with E-state index in [1.54, 1.807) is 0 Å². The second-order valence-corrected chi connectivity index (χ2v) is 15.6. The number of allylic oxidation sites excluding steroid dienone is 1. The fraction of sp³-hybridized carbons (Fsp3) is 0.640. The highest BCUT2D eigenvalue weighted by molar-refractivity contribution is 6.74. The van der Waals surface area contributed by atoms with Gasteiger partial charge in [-0.3, -0.25) is 0 Å². The summed E-state index contributed by atoms with van der Waals surface area (Å²) in [5.74, 6) is 1.07. The zero-order valence-electron chi connectivity index (χ0n) is 18.7. The molecule has 0 bridgehead atoms. The number of carbonyl (C=O) groups excluding carboxylic acids is 1. The van der Waals surface area contributed by atoms with E-state index in [0.717, 1.165) is 31.4 Å². The number of carbonyl (C=O) groups is 1. The molecule has 2 aliphatic carbocycles. The molecule has 28 heavy (non-hydrogen) atoms. The van der Waals surface area contributed by atoms with E-state index in [1.165, 1.54) is 36.7 Å². The molecule has 1 aromatic rings. The third-order valence-corrected chi connectivity index (χ3v) is 12.4. The molecule has 2 atom stereocenters. The largest absolute Gasteiger partial charge is 0.543 e. The molecule has 2 nitrogen and oxygen atoms in total. The summed E-state index contributed by atoms with van der Waals surface area (Å²) >= 11 is 0. The fourth-order valence-corrected chi connectivity index (χ4v) is 5.93. The number of fused-ring (bicyclic) bond motifs is 1. The molecule has 2 saturated carbocycles. The Morgan fingerprint density at radius 1 is 1.07 bits per heavy atom. The minimum Gasteiger partial charge on any atom is -0.543 e. The third kappa shape index (κ3) is 3.75. The van der Waals surface area contributed by atoms with Gasteiger partial charge in [-0.25, -0.2) is 0 Å². The van der Waals surface area contributed by atoms with Crippen molar-refractivity contribution in [3.05, 3.63) is 41.5 Å². The van der Waals surface area contributed by atoms with Crippen molar-refractivity contribution < 1.29 is 9.22 Å². The van der Waals surface area contributed by atoms with Gasteiger partial charge in [-0.15, -0.1) is 0 Å². The van der Waals surface area contributed by atoms with E-state index in [9.17, 15) is 4.79 Å². The molecule has 0 amide bonds. The molecular formula is C25H38O2Si. The molecule has 0 heterocycles. The highest BCUT2D eigenvalue weighted by atomic mass is 28.4. The molecule has 3 heteroatoms. The molecule has 0 N–H and O–H groups in total. The molecule has 0 aromatic heterocycles. The van der Waals surface area contributed by atoms with Crippen LogP contribution in [-0.4, -0.2) is 14.6 Å². The van der Waals surface area contributed by atoms with Gasteiger partial charge < -0.3 is 9.22 Å². The molecule has 0 unspecified atom stereocenters. The van der Waals surface area contributed by atoms with Crippen LogP contribution in [0.25, 0.3) is 5.76 Å². The summed E-state index contributed by atoms with van der Waals surface area (Å²) in [7, 11) is -1.98. The Balaban J connectivity index is 2.07. The Morgan fingerprint density at radius 3 is 2.32 bits per heavy atom. The Kier molecular flexibility index (Phi) is 5.70. The standard InChI is InChI=1S/C25H38O2Si/c1-23(2,3)28(5,6)27-22(20-12-8-7-9-13-20)21-14-17-24(4)15-10-11-16-25(24,18-21)19-26/h7-9,12-13,19H,10-11,14-18H2,1-6H3/b22-21-/t24-,25-/m1/s1. The second kappa shape index (κ2) is 7.48. The molecule has 154 valence electrons. The summed E-state index contributed by atoms with van der Waals surface area (Å²) in [6, 6.07) is 10.6. The van der Waals surface area contributed by atoms with Crippen LogP contribution in [0.2, 0.25) is 18.1 Å². The lowest BCUT2D eigenvalue weighted by Gasteiger charge is -2.53. The minimum atomic E-state index is -1.98. The van der Waals surface area contributed by atoms with Crippen LogP contribution < -0.4 is 0 Å². The van der Waals surface area contributed by atoms with Gasteiger partial charge in [0.1, 0.15) is 12.0 Å². The average Bonchev–Trinajstić information content (AvgIpc) is 2.65. The lowest BCUT2D eigenvalue weighted by molar-refractivity contribution is -0.129. The Bertz CT molecular complexity index is 744. The Labute approximate surface area is 172 Å². The predicted molar refractivity (Wildman–Crippen MR) is 121 cm³/mol. The van der Waals surface area contributed by atoms with Gasteiger partial charge in [-0.2, -0.15) is 0 Å². The zero-order valence-corrected chi connectivity index (χ0v) is 19.7. The van der Waals surface area contributed by atoms with Gasteiger partial charge in [0.25, 0.3) is 8.32 Å². The van der Waals surface area contributed by atoms with Crippen molar-refractivity contribution in [2.45, 2.75) is 90.8 Å². The first-order chi connectivity index (χ1) is 13.0. The fourth-order valence-electron chi connectivity index (χ4n) is 4.85. The van der Waals surface area contributed by atoms with Gasteiger partial charge in [-0.1, -0.05) is 70.9 Å². The Hall–Kier alpha value is -1.35. The van der Waals surface area contributed by atoms with Crippen LogP contribution in [0.5, 0.6) is 0 Å². The van der Waals surface area contributed by atoms with Gasteiger partial charge in [0.15, 0.2) is 0 Å². The van der Waals surface area contributed by atoms with Crippen LogP contribution in [-0.2, 0) is 9.22 Å². The van der Waals surface area contributed by atoms with E-state index >= 15 is 0 Å². The van der Waals surface area contributed by atoms with Crippen molar-refractivity contribution in [2.75, 3.05) is 0 Å². The van der Waals surface area contributed by atoms with Crippen LogP contribution in [0.1, 0.15) is 78.2 Å². The number of rotatable bonds is 4. The molecular weight excluding hydrogens is 360 g/mol. The summed E-state index contributed by atoms with van der Waals surface area (Å²) in [6.07, 6.45) is 8.96. The number of hydrogen-bond acceptors (Lipinski definition) is 2. The van der Waals surface area contributed by atoms with Crippen molar-refractivity contribution >= 4 is 20.4 Å². The SMILES string of the molecule is CC(C)(C)[Si](C)(C)O/C(=C1/CC[C@@]2(C)CCCC[C@]2(C=O)C1)c1ccccc1. The summed E-state index contributed by atoms with van der Waals surface area (Å²) in [5, 5.41) is 0.143. The highest BCUT2D eigenvalue weighted by Crippen LogP contribution is 2.60. The molecule has 0 saturated heterocycles. The van der Waals surface area contributed by atoms with Crippen LogP contribution in [0, 0.1) is 10.8 Å². The molecule has 0 aliphatic heterocycles. The second-order valence-electron chi connectivity index (χ2n) is 10.9. The van der Waals surface area contributed by atoms with Gasteiger partial charge in [-0.05, 0) is 61.2 Å². The summed E-state index contributed by atoms with van der Waals surface area (Å²) in [5.41, 5.74) is 2.47. The van der Waals surface area contributed by atoms with Crippen molar-refractivity contribution in [1.29, 1.82) is 0 Å². The number of aldehydes is 1. The molecule has 2 fully saturated rings. The molecule has 0 radical (unpaired) electrons. The third-order valence-electron chi connectivity index (χ3n) is 8.06. The summed E-state index contributed by atoms with van der Waals surface area (Å²) in [4.78, 5) is 12.4. The maximum absolute atomic E-state index is 12.4. The van der Waals surface area contributed by atoms with Crippen LogP contribution in [0.15, 0.2) is 35.9 Å². The van der Waals surface area contributed by atoms with E-state index in [2.05, 4.69) is 71.1 Å². The van der Waals surface area contributed by atoms with E-state index < -0.39 is 8.32 Å². The first kappa shape index (κ1) is 21.4. The molecule has 0 spiro atoms. The van der Waals surface area contributed by atoms with E-state index in [1.807, 2.05) is 0 Å². The van der Waals surface area contributed by atoms with Crippen LogP contribution >= 0.6 is 0 Å². The average molecular weight is 399 g/mol. The smallest absolute Gasteiger partial charge is 0.250 e. The number of hydrogen-bond donors (Lipinski definition) is 0. The van der Waals surface area contributed by atoms with Gasteiger partial charge in [0.05, 0.1) is 0 Å². The molecule has 1 aromatic carbocycles. The van der Waals surface area contributed by atoms with Crippen LogP contribution in [0.4, 0.5) is 0 Å². The monoisotopic (exact) mass is 398 g/mol. The van der Waals surface area contributed by atoms with E-state index in [4.69, 9.17) is 4.43 Å². The van der Waals surface area contributed by atoms with Crippen molar-refractivity contribution in [1.82, 2.24) is 0 Å². The molecule has 2 aliphatic rings. The van der Waals surface area contributed by atoms with Crippen molar-refractivity contribution in [3.8, 4) is 0 Å².